The second-order valence-electron chi connectivity index (χ2n) is 8.59. The molecule has 0 bridgehead atoms. The zero-order valence-corrected chi connectivity index (χ0v) is 21.6. The van der Waals surface area contributed by atoms with Crippen LogP contribution in [-0.2, 0) is 10.0 Å². The fraction of sp³-hybridized carbons (Fsp3) is 0.192. The van der Waals surface area contributed by atoms with E-state index >= 15 is 0 Å². The summed E-state index contributed by atoms with van der Waals surface area (Å²) in [6, 6.07) is 15.1. The molecule has 38 heavy (non-hydrogen) atoms. The van der Waals surface area contributed by atoms with E-state index in [2.05, 4.69) is 30.3 Å². The largest absolute Gasteiger partial charge is 0.435 e. The van der Waals surface area contributed by atoms with Gasteiger partial charge in [0, 0.05) is 31.0 Å². The Labute approximate surface area is 224 Å². The minimum Gasteiger partial charge on any atom is -0.435 e. The Morgan fingerprint density at radius 2 is 1.92 bits per heavy atom. The van der Waals surface area contributed by atoms with Crippen molar-refractivity contribution in [3.05, 3.63) is 83.9 Å². The number of rotatable bonds is 8. The maximum atomic E-state index is 14.7. The van der Waals surface area contributed by atoms with Gasteiger partial charge in [0.1, 0.15) is 4.90 Å². The Morgan fingerprint density at radius 3 is 2.74 bits per heavy atom. The van der Waals surface area contributed by atoms with Gasteiger partial charge < -0.3 is 15.4 Å². The molecule has 1 unspecified atom stereocenters. The molecule has 12 heteroatoms. The minimum absolute atomic E-state index is 0.0650. The van der Waals surface area contributed by atoms with Crippen LogP contribution < -0.4 is 20.1 Å². The van der Waals surface area contributed by atoms with Gasteiger partial charge in [-0.05, 0) is 61.9 Å². The van der Waals surface area contributed by atoms with Gasteiger partial charge in [-0.15, -0.1) is 0 Å². The molecule has 196 valence electrons. The molecule has 2 aromatic heterocycles. The number of piperidine rings is 1. The number of nitrogens with one attached hydrogen (secondary N) is 3. The summed E-state index contributed by atoms with van der Waals surface area (Å²) in [5.74, 6) is -0.350. The lowest BCUT2D eigenvalue weighted by Gasteiger charge is -2.23. The zero-order valence-electron chi connectivity index (χ0n) is 20.1. The van der Waals surface area contributed by atoms with E-state index in [1.165, 1.54) is 30.5 Å². The Kier molecular flexibility index (Phi) is 7.68. The third-order valence-electron chi connectivity index (χ3n) is 5.85. The molecule has 0 amide bonds. The molecular weight excluding hydrogens is 531 g/mol. The topological polar surface area (TPSA) is 118 Å². The van der Waals surface area contributed by atoms with Gasteiger partial charge in [-0.1, -0.05) is 23.7 Å². The summed E-state index contributed by atoms with van der Waals surface area (Å²) in [4.78, 5) is 13.1. The molecule has 0 radical (unpaired) electrons. The Morgan fingerprint density at radius 1 is 1.05 bits per heavy atom. The summed E-state index contributed by atoms with van der Waals surface area (Å²) >= 11 is 6.05. The first-order chi connectivity index (χ1) is 18.4. The molecule has 0 aliphatic carbocycles. The Balaban J connectivity index is 1.40. The molecule has 3 heterocycles. The molecule has 1 atom stereocenters. The second kappa shape index (κ2) is 11.3. The first-order valence-corrected chi connectivity index (χ1v) is 13.8. The van der Waals surface area contributed by atoms with E-state index in [-0.39, 0.29) is 33.3 Å². The average molecular weight is 555 g/mol. The number of sulfonamides is 1. The molecular formula is C26H24ClFN6O3S. The van der Waals surface area contributed by atoms with Crippen molar-refractivity contribution in [2.75, 3.05) is 23.1 Å². The van der Waals surface area contributed by atoms with Crippen LogP contribution in [0.15, 0.2) is 78.0 Å². The van der Waals surface area contributed by atoms with E-state index in [9.17, 15) is 12.8 Å². The van der Waals surface area contributed by atoms with Crippen molar-refractivity contribution in [2.24, 2.45) is 0 Å². The van der Waals surface area contributed by atoms with Crippen LogP contribution in [0.4, 0.5) is 16.0 Å². The highest BCUT2D eigenvalue weighted by Gasteiger charge is 2.20. The minimum atomic E-state index is -4.02. The molecule has 2 aromatic carbocycles. The van der Waals surface area contributed by atoms with Gasteiger partial charge in [-0.3, -0.25) is 4.72 Å². The highest BCUT2D eigenvalue weighted by atomic mass is 35.5. The molecule has 5 rings (SSSR count). The molecule has 0 saturated carbocycles. The van der Waals surface area contributed by atoms with Gasteiger partial charge in [0.25, 0.3) is 10.0 Å². The molecule has 1 saturated heterocycles. The van der Waals surface area contributed by atoms with E-state index in [4.69, 9.17) is 16.3 Å². The van der Waals surface area contributed by atoms with E-state index in [1.54, 1.807) is 36.5 Å². The van der Waals surface area contributed by atoms with Gasteiger partial charge in [-0.2, -0.15) is 0 Å². The predicted molar refractivity (Wildman–Crippen MR) is 144 cm³/mol. The molecule has 3 N–H and O–H groups in total. The predicted octanol–water partition coefficient (Wildman–Crippen LogP) is 5.09. The van der Waals surface area contributed by atoms with Crippen LogP contribution in [0.1, 0.15) is 12.8 Å². The number of ether oxygens (including phenoxy) is 1. The Bertz CT molecular complexity index is 1550. The van der Waals surface area contributed by atoms with Gasteiger partial charge in [0.2, 0.25) is 11.8 Å². The van der Waals surface area contributed by atoms with Crippen LogP contribution in [0.25, 0.3) is 11.3 Å². The van der Waals surface area contributed by atoms with Crippen molar-refractivity contribution in [1.82, 2.24) is 20.3 Å². The molecule has 1 fully saturated rings. The van der Waals surface area contributed by atoms with Gasteiger partial charge in [0.15, 0.2) is 11.6 Å². The summed E-state index contributed by atoms with van der Waals surface area (Å²) < 4.78 is 48.6. The molecule has 4 aromatic rings. The fourth-order valence-electron chi connectivity index (χ4n) is 4.02. The van der Waals surface area contributed by atoms with Crippen molar-refractivity contribution in [1.29, 1.82) is 0 Å². The van der Waals surface area contributed by atoms with Crippen LogP contribution in [0.2, 0.25) is 5.02 Å². The number of hydrogen-bond donors (Lipinski definition) is 3. The van der Waals surface area contributed by atoms with Crippen molar-refractivity contribution in [3.8, 4) is 22.9 Å². The van der Waals surface area contributed by atoms with E-state index < -0.39 is 15.8 Å². The summed E-state index contributed by atoms with van der Waals surface area (Å²) in [7, 11) is -4.02. The lowest BCUT2D eigenvalue weighted by Crippen LogP contribution is -2.38. The number of hydrogen-bond acceptors (Lipinski definition) is 8. The number of halogens is 2. The van der Waals surface area contributed by atoms with E-state index in [0.29, 0.717) is 17.2 Å². The molecule has 1 aliphatic rings. The highest BCUT2D eigenvalue weighted by molar-refractivity contribution is 7.92. The van der Waals surface area contributed by atoms with Crippen LogP contribution in [0.3, 0.4) is 0 Å². The zero-order chi connectivity index (χ0) is 26.5. The van der Waals surface area contributed by atoms with Crippen molar-refractivity contribution in [3.63, 3.8) is 0 Å². The Hall–Kier alpha value is -3.80. The van der Waals surface area contributed by atoms with Gasteiger partial charge in [0.05, 0.1) is 22.0 Å². The standard InChI is InChI=1S/C26H24ClFN6O3S/c27-20-7-1-2-8-24(20)38(35,36)34-17-9-10-21(28)23(15-17)37-25-19(6-4-13-30-25)22-11-14-31-26(33-22)32-18-5-3-12-29-16-18/h1-2,4,6-11,13-15,18,29,34H,3,5,12,16H2,(H,31,32,33). The highest BCUT2D eigenvalue weighted by Crippen LogP contribution is 2.34. The van der Waals surface area contributed by atoms with E-state index in [0.717, 1.165) is 32.0 Å². The quantitative estimate of drug-likeness (QED) is 0.276. The van der Waals surface area contributed by atoms with Crippen LogP contribution in [0.5, 0.6) is 11.6 Å². The number of pyridine rings is 1. The summed E-state index contributed by atoms with van der Waals surface area (Å²) in [6.07, 6.45) is 5.21. The van der Waals surface area contributed by atoms with Gasteiger partial charge >= 0.3 is 0 Å². The SMILES string of the molecule is O=S(=O)(Nc1ccc(F)c(Oc2ncccc2-c2ccnc(NC3CCCNC3)n2)c1)c1ccccc1Cl. The summed E-state index contributed by atoms with van der Waals surface area (Å²) in [5.41, 5.74) is 1.14. The maximum absolute atomic E-state index is 14.7. The monoisotopic (exact) mass is 554 g/mol. The van der Waals surface area contributed by atoms with Crippen LogP contribution in [-0.4, -0.2) is 42.5 Å². The number of nitrogens with zero attached hydrogens (tertiary/aromatic N) is 3. The van der Waals surface area contributed by atoms with Crippen LogP contribution in [0, 0.1) is 5.82 Å². The number of aromatic nitrogens is 3. The lowest BCUT2D eigenvalue weighted by molar-refractivity contribution is 0.429. The molecule has 1 aliphatic heterocycles. The summed E-state index contributed by atoms with van der Waals surface area (Å²) in [5, 5.41) is 6.74. The lowest BCUT2D eigenvalue weighted by atomic mass is 10.1. The molecule has 0 spiro atoms. The number of benzene rings is 2. The average Bonchev–Trinajstić information content (AvgIpc) is 2.92. The third kappa shape index (κ3) is 6.01. The van der Waals surface area contributed by atoms with Crippen LogP contribution >= 0.6 is 11.6 Å². The van der Waals surface area contributed by atoms with Gasteiger partial charge in [-0.25, -0.2) is 27.8 Å². The fourth-order valence-corrected chi connectivity index (χ4v) is 5.60. The van der Waals surface area contributed by atoms with Crippen molar-refractivity contribution in [2.45, 2.75) is 23.8 Å². The van der Waals surface area contributed by atoms with Crippen molar-refractivity contribution >= 4 is 33.3 Å². The first kappa shape index (κ1) is 25.8. The van der Waals surface area contributed by atoms with E-state index in [1.807, 2.05) is 0 Å². The maximum Gasteiger partial charge on any atom is 0.263 e. The first-order valence-electron chi connectivity index (χ1n) is 11.9. The summed E-state index contributed by atoms with van der Waals surface area (Å²) in [6.45, 7) is 1.82. The second-order valence-corrected chi connectivity index (χ2v) is 10.7. The van der Waals surface area contributed by atoms with Crippen molar-refractivity contribution < 1.29 is 17.5 Å². The number of anilines is 2. The normalized spacial score (nSPS) is 15.6. The molecule has 9 nitrogen and oxygen atoms in total. The third-order valence-corrected chi connectivity index (χ3v) is 7.73. The smallest absolute Gasteiger partial charge is 0.263 e.